The molecular weight excluding hydrogens is 491 g/mol. The van der Waals surface area contributed by atoms with Gasteiger partial charge in [0.2, 0.25) is 0 Å². The number of carbonyl (C=O) groups is 1. The molecule has 0 aliphatic carbocycles. The lowest BCUT2D eigenvalue weighted by molar-refractivity contribution is -0.137. The van der Waals surface area contributed by atoms with Crippen LogP contribution < -0.4 is 16.6 Å². The fourth-order valence-corrected chi connectivity index (χ4v) is 3.62. The SMILES string of the molecule is COCCn1cc(C(=O)NCc2ccc(-n3cccn3)cc2)c(=O)n(-c2cccc(C(F)(F)F)c2)c1=O. The van der Waals surface area contributed by atoms with E-state index in [1.54, 1.807) is 47.4 Å². The Labute approximate surface area is 208 Å². The molecular formula is C25H22F3N5O4. The van der Waals surface area contributed by atoms with E-state index in [9.17, 15) is 27.6 Å². The van der Waals surface area contributed by atoms with Gasteiger partial charge in [0.05, 0.1) is 30.1 Å². The van der Waals surface area contributed by atoms with Crippen molar-refractivity contribution in [1.82, 2.24) is 24.2 Å². The van der Waals surface area contributed by atoms with Crippen LogP contribution in [0.4, 0.5) is 13.2 Å². The fraction of sp³-hybridized carbons (Fsp3) is 0.200. The topological polar surface area (TPSA) is 100 Å². The number of hydrogen-bond donors (Lipinski definition) is 1. The lowest BCUT2D eigenvalue weighted by Gasteiger charge is -2.14. The van der Waals surface area contributed by atoms with E-state index in [0.29, 0.717) is 10.6 Å². The highest BCUT2D eigenvalue weighted by molar-refractivity contribution is 5.93. The van der Waals surface area contributed by atoms with Gasteiger partial charge in [-0.1, -0.05) is 18.2 Å². The second-order valence-corrected chi connectivity index (χ2v) is 8.00. The summed E-state index contributed by atoms with van der Waals surface area (Å²) in [4.78, 5) is 39.1. The quantitative estimate of drug-likeness (QED) is 0.391. The zero-order chi connectivity index (χ0) is 26.6. The Hall–Kier alpha value is -4.45. The molecule has 1 N–H and O–H groups in total. The zero-order valence-electron chi connectivity index (χ0n) is 19.6. The van der Waals surface area contributed by atoms with Crippen LogP contribution in [0.2, 0.25) is 0 Å². The molecule has 192 valence electrons. The number of alkyl halides is 3. The molecule has 0 fully saturated rings. The summed E-state index contributed by atoms with van der Waals surface area (Å²) in [6.07, 6.45) is -0.169. The van der Waals surface area contributed by atoms with Gasteiger partial charge in [-0.2, -0.15) is 18.3 Å². The first kappa shape index (κ1) is 25.6. The van der Waals surface area contributed by atoms with Crippen LogP contribution in [-0.2, 0) is 24.0 Å². The molecule has 0 saturated heterocycles. The van der Waals surface area contributed by atoms with Crippen LogP contribution in [0.25, 0.3) is 11.4 Å². The van der Waals surface area contributed by atoms with Crippen LogP contribution in [0, 0.1) is 0 Å². The van der Waals surface area contributed by atoms with Crippen LogP contribution in [0.1, 0.15) is 21.5 Å². The Morgan fingerprint density at radius 3 is 2.46 bits per heavy atom. The highest BCUT2D eigenvalue weighted by atomic mass is 19.4. The number of rotatable bonds is 8. The van der Waals surface area contributed by atoms with Crippen LogP contribution in [0.15, 0.2) is 82.8 Å². The van der Waals surface area contributed by atoms with E-state index in [4.69, 9.17) is 4.74 Å². The first-order valence-corrected chi connectivity index (χ1v) is 11.1. The number of nitrogens with zero attached hydrogens (tertiary/aromatic N) is 4. The van der Waals surface area contributed by atoms with Crippen molar-refractivity contribution in [1.29, 1.82) is 0 Å². The number of aromatic nitrogens is 4. The fourth-order valence-electron chi connectivity index (χ4n) is 3.62. The lowest BCUT2D eigenvalue weighted by atomic mass is 10.2. The molecule has 12 heteroatoms. The third-order valence-electron chi connectivity index (χ3n) is 5.53. The van der Waals surface area contributed by atoms with E-state index >= 15 is 0 Å². The van der Waals surface area contributed by atoms with E-state index < -0.39 is 34.5 Å². The van der Waals surface area contributed by atoms with Gasteiger partial charge in [-0.3, -0.25) is 14.2 Å². The van der Waals surface area contributed by atoms with Gasteiger partial charge in [-0.25, -0.2) is 14.0 Å². The molecule has 37 heavy (non-hydrogen) atoms. The molecule has 0 unspecified atom stereocenters. The Morgan fingerprint density at radius 1 is 1.05 bits per heavy atom. The molecule has 0 radical (unpaired) electrons. The maximum Gasteiger partial charge on any atom is 0.416 e. The van der Waals surface area contributed by atoms with E-state index in [0.717, 1.165) is 34.1 Å². The number of carbonyl (C=O) groups excluding carboxylic acids is 1. The van der Waals surface area contributed by atoms with Crippen LogP contribution >= 0.6 is 0 Å². The second kappa shape index (κ2) is 10.7. The van der Waals surface area contributed by atoms with E-state index in [2.05, 4.69) is 10.4 Å². The van der Waals surface area contributed by atoms with Gasteiger partial charge >= 0.3 is 11.9 Å². The Kier molecular flexibility index (Phi) is 7.39. The van der Waals surface area contributed by atoms with Gasteiger partial charge in [0.15, 0.2) is 0 Å². The minimum absolute atomic E-state index is 0.0241. The third-order valence-corrected chi connectivity index (χ3v) is 5.53. The van der Waals surface area contributed by atoms with Crippen molar-refractivity contribution in [3.8, 4) is 11.4 Å². The van der Waals surface area contributed by atoms with Crippen molar-refractivity contribution >= 4 is 5.91 Å². The molecule has 4 rings (SSSR count). The molecule has 1 amide bonds. The number of hydrogen-bond acceptors (Lipinski definition) is 5. The molecule has 0 atom stereocenters. The van der Waals surface area contributed by atoms with Crippen LogP contribution in [-0.4, -0.2) is 38.5 Å². The number of methoxy groups -OCH3 is 1. The van der Waals surface area contributed by atoms with Gasteiger partial charge in [0.1, 0.15) is 5.56 Å². The third kappa shape index (κ3) is 5.70. The van der Waals surface area contributed by atoms with E-state index in [-0.39, 0.29) is 25.4 Å². The number of halogens is 3. The van der Waals surface area contributed by atoms with Crippen molar-refractivity contribution in [3.05, 3.63) is 111 Å². The van der Waals surface area contributed by atoms with Crippen molar-refractivity contribution < 1.29 is 22.7 Å². The first-order valence-electron chi connectivity index (χ1n) is 11.1. The average molecular weight is 513 g/mol. The second-order valence-electron chi connectivity index (χ2n) is 8.00. The van der Waals surface area contributed by atoms with Gasteiger partial charge in [-0.05, 0) is 42.0 Å². The van der Waals surface area contributed by atoms with Crippen molar-refractivity contribution in [2.45, 2.75) is 19.3 Å². The van der Waals surface area contributed by atoms with Gasteiger partial charge in [-0.15, -0.1) is 0 Å². The summed E-state index contributed by atoms with van der Waals surface area (Å²) in [7, 11) is 1.40. The summed E-state index contributed by atoms with van der Waals surface area (Å²) in [5, 5.41) is 6.77. The number of nitrogens with one attached hydrogen (secondary N) is 1. The predicted molar refractivity (Wildman–Crippen MR) is 128 cm³/mol. The molecule has 9 nitrogen and oxygen atoms in total. The molecule has 2 heterocycles. The van der Waals surface area contributed by atoms with E-state index in [1.165, 1.54) is 13.2 Å². The van der Waals surface area contributed by atoms with Crippen LogP contribution in [0.5, 0.6) is 0 Å². The summed E-state index contributed by atoms with van der Waals surface area (Å²) in [5.74, 6) is -0.784. The predicted octanol–water partition coefficient (Wildman–Crippen LogP) is 2.78. The highest BCUT2D eigenvalue weighted by Crippen LogP contribution is 2.29. The van der Waals surface area contributed by atoms with Crippen molar-refractivity contribution in [3.63, 3.8) is 0 Å². The van der Waals surface area contributed by atoms with Crippen LogP contribution in [0.3, 0.4) is 0 Å². The molecule has 4 aromatic rings. The van der Waals surface area contributed by atoms with Crippen molar-refractivity contribution in [2.75, 3.05) is 13.7 Å². The largest absolute Gasteiger partial charge is 0.416 e. The van der Waals surface area contributed by atoms with E-state index in [1.807, 2.05) is 0 Å². The van der Waals surface area contributed by atoms with Crippen molar-refractivity contribution in [2.24, 2.45) is 0 Å². The minimum Gasteiger partial charge on any atom is -0.383 e. The smallest absolute Gasteiger partial charge is 0.383 e. The normalized spacial score (nSPS) is 11.5. The standard InChI is InChI=1S/C25H22F3N5O4/c1-37-13-12-31-16-21(22(34)29-15-17-6-8-19(9-7-17)32-11-3-10-30-32)23(35)33(24(31)36)20-5-2-4-18(14-20)25(26,27)28/h2-11,14,16H,12-13,15H2,1H3,(H,29,34). The van der Waals surface area contributed by atoms with Gasteiger partial charge in [0, 0.05) is 32.2 Å². The molecule has 0 spiro atoms. The Bertz CT molecular complexity index is 1510. The maximum atomic E-state index is 13.2. The molecule has 2 aromatic heterocycles. The summed E-state index contributed by atoms with van der Waals surface area (Å²) in [6, 6.07) is 12.7. The Balaban J connectivity index is 1.66. The number of benzene rings is 2. The molecule has 0 saturated carbocycles. The Morgan fingerprint density at radius 2 is 1.81 bits per heavy atom. The summed E-state index contributed by atoms with van der Waals surface area (Å²) in [6.45, 7) is 0.118. The first-order chi connectivity index (χ1) is 17.7. The molecule has 0 bridgehead atoms. The molecule has 2 aromatic carbocycles. The average Bonchev–Trinajstić information content (AvgIpc) is 3.42. The minimum atomic E-state index is -4.68. The zero-order valence-corrected chi connectivity index (χ0v) is 19.6. The lowest BCUT2D eigenvalue weighted by Crippen LogP contribution is -2.43. The van der Waals surface area contributed by atoms with Gasteiger partial charge < -0.3 is 10.1 Å². The monoisotopic (exact) mass is 513 g/mol. The summed E-state index contributed by atoms with van der Waals surface area (Å²) in [5.41, 5.74) is -2.13. The van der Waals surface area contributed by atoms with Gasteiger partial charge in [0.25, 0.3) is 11.5 Å². The highest BCUT2D eigenvalue weighted by Gasteiger charge is 2.31. The molecule has 0 aliphatic rings. The summed E-state index contributed by atoms with van der Waals surface area (Å²) >= 11 is 0. The number of amides is 1. The number of ether oxygens (including phenoxy) is 1. The maximum absolute atomic E-state index is 13.2. The summed E-state index contributed by atoms with van der Waals surface area (Å²) < 4.78 is 48.0. The molecule has 0 aliphatic heterocycles.